The van der Waals surface area contributed by atoms with Crippen molar-refractivity contribution < 1.29 is 18.5 Å². The third kappa shape index (κ3) is 4.51. The van der Waals surface area contributed by atoms with E-state index in [0.29, 0.717) is 24.2 Å². The van der Waals surface area contributed by atoms with E-state index in [4.69, 9.17) is 0 Å². The van der Waals surface area contributed by atoms with Crippen LogP contribution in [0.2, 0.25) is 0 Å². The SMILES string of the molecule is Cc1cc(CNC(=O)c2cc(C(=O)N[C@H]3CCc4c3ccc(-c3noc(=O)[nH]3)c4C)n3ncnc3n2)ccc1F. The van der Waals surface area contributed by atoms with Crippen molar-refractivity contribution >= 4 is 17.6 Å². The van der Waals surface area contributed by atoms with Gasteiger partial charge in [0.05, 0.1) is 6.04 Å². The van der Waals surface area contributed by atoms with E-state index in [9.17, 15) is 18.8 Å². The first-order chi connectivity index (χ1) is 19.3. The van der Waals surface area contributed by atoms with Crippen LogP contribution < -0.4 is 16.4 Å². The topological polar surface area (TPSA) is 160 Å². The average molecular weight is 543 g/mol. The summed E-state index contributed by atoms with van der Waals surface area (Å²) < 4.78 is 19.5. The zero-order valence-electron chi connectivity index (χ0n) is 21.5. The first-order valence-corrected chi connectivity index (χ1v) is 12.5. The van der Waals surface area contributed by atoms with Crippen LogP contribution in [0.1, 0.15) is 61.3 Å². The van der Waals surface area contributed by atoms with Crippen LogP contribution in [-0.4, -0.2) is 41.5 Å². The second kappa shape index (κ2) is 9.84. The summed E-state index contributed by atoms with van der Waals surface area (Å²) in [6, 6.07) is 9.41. The molecule has 0 radical (unpaired) electrons. The quantitative estimate of drug-likeness (QED) is 0.295. The summed E-state index contributed by atoms with van der Waals surface area (Å²) in [6.07, 6.45) is 2.64. The first kappa shape index (κ1) is 25.1. The summed E-state index contributed by atoms with van der Waals surface area (Å²) in [6.45, 7) is 3.74. The molecule has 1 aliphatic rings. The molecular formula is C27H23FN8O4. The minimum atomic E-state index is -0.629. The molecule has 0 saturated carbocycles. The molecule has 13 heteroatoms. The summed E-state index contributed by atoms with van der Waals surface area (Å²) in [5.74, 6) is -1.46. The molecule has 0 saturated heterocycles. The minimum absolute atomic E-state index is 0.00148. The number of benzene rings is 2. The number of H-pyrrole nitrogens is 1. The summed E-state index contributed by atoms with van der Waals surface area (Å²) >= 11 is 0. The van der Waals surface area contributed by atoms with Crippen LogP contribution in [-0.2, 0) is 13.0 Å². The van der Waals surface area contributed by atoms with Gasteiger partial charge in [0.25, 0.3) is 17.6 Å². The van der Waals surface area contributed by atoms with E-state index in [1.165, 1.54) is 23.0 Å². The Bertz CT molecular complexity index is 1860. The zero-order chi connectivity index (χ0) is 28.0. The molecule has 3 N–H and O–H groups in total. The predicted molar refractivity (Wildman–Crippen MR) is 139 cm³/mol. The van der Waals surface area contributed by atoms with Gasteiger partial charge in [0.1, 0.15) is 23.5 Å². The van der Waals surface area contributed by atoms with Crippen molar-refractivity contribution in [2.24, 2.45) is 0 Å². The number of halogens is 1. The second-order valence-corrected chi connectivity index (χ2v) is 9.58. The molecule has 202 valence electrons. The summed E-state index contributed by atoms with van der Waals surface area (Å²) in [5, 5.41) is 13.7. The zero-order valence-corrected chi connectivity index (χ0v) is 21.5. The van der Waals surface area contributed by atoms with Crippen molar-refractivity contribution in [3.8, 4) is 11.4 Å². The van der Waals surface area contributed by atoms with Crippen LogP contribution >= 0.6 is 0 Å². The molecule has 0 bridgehead atoms. The summed E-state index contributed by atoms with van der Waals surface area (Å²) in [5.41, 5.74) is 5.01. The lowest BCUT2D eigenvalue weighted by Gasteiger charge is -2.16. The van der Waals surface area contributed by atoms with Gasteiger partial charge in [-0.25, -0.2) is 14.2 Å². The average Bonchev–Trinajstić information content (AvgIpc) is 3.69. The van der Waals surface area contributed by atoms with Gasteiger partial charge in [-0.3, -0.25) is 19.1 Å². The van der Waals surface area contributed by atoms with E-state index in [1.54, 1.807) is 19.1 Å². The van der Waals surface area contributed by atoms with Crippen molar-refractivity contribution in [1.82, 2.24) is 40.4 Å². The van der Waals surface area contributed by atoms with Crippen LogP contribution in [0.4, 0.5) is 4.39 Å². The van der Waals surface area contributed by atoms with Crippen molar-refractivity contribution in [1.29, 1.82) is 0 Å². The highest BCUT2D eigenvalue weighted by Crippen LogP contribution is 2.37. The Morgan fingerprint density at radius 1 is 1.18 bits per heavy atom. The molecular weight excluding hydrogens is 519 g/mol. The molecule has 0 spiro atoms. The van der Waals surface area contributed by atoms with E-state index in [1.807, 2.05) is 19.1 Å². The summed E-state index contributed by atoms with van der Waals surface area (Å²) in [4.78, 5) is 48.7. The van der Waals surface area contributed by atoms with Crippen LogP contribution in [0.3, 0.4) is 0 Å². The molecule has 1 atom stereocenters. The van der Waals surface area contributed by atoms with E-state index in [-0.39, 0.29) is 35.6 Å². The number of aromatic amines is 1. The van der Waals surface area contributed by atoms with Gasteiger partial charge < -0.3 is 10.6 Å². The fourth-order valence-corrected chi connectivity index (χ4v) is 5.04. The largest absolute Gasteiger partial charge is 0.439 e. The Balaban J connectivity index is 1.23. The Morgan fingerprint density at radius 2 is 2.02 bits per heavy atom. The maximum absolute atomic E-state index is 13.6. The molecule has 0 unspecified atom stereocenters. The monoisotopic (exact) mass is 542 g/mol. The smallest absolute Gasteiger partial charge is 0.347 e. The highest BCUT2D eigenvalue weighted by molar-refractivity contribution is 5.98. The van der Waals surface area contributed by atoms with Crippen molar-refractivity contribution in [2.45, 2.75) is 39.3 Å². The lowest BCUT2D eigenvalue weighted by molar-refractivity contribution is 0.0929. The third-order valence-electron chi connectivity index (χ3n) is 7.09. The molecule has 5 aromatic rings. The van der Waals surface area contributed by atoms with E-state index < -0.39 is 17.6 Å². The number of carbonyl (C=O) groups excluding carboxylic acids is 2. The predicted octanol–water partition coefficient (Wildman–Crippen LogP) is 2.57. The van der Waals surface area contributed by atoms with Crippen molar-refractivity contribution in [3.05, 3.63) is 98.3 Å². The minimum Gasteiger partial charge on any atom is -0.347 e. The molecule has 1 aliphatic carbocycles. The number of nitrogens with zero attached hydrogens (tertiary/aromatic N) is 5. The number of fused-ring (bicyclic) bond motifs is 2. The molecule has 3 aromatic heterocycles. The standard InChI is InChI=1S/C27H23FN8O4/c1-13-9-15(3-7-19(13)28)11-29-24(37)21-10-22(36-26(33-21)30-12-31-36)25(38)32-20-8-6-16-14(2)17(4-5-18(16)20)23-34-27(39)40-35-23/h3-5,7,9-10,12,20H,6,8,11H2,1-2H3,(H,29,37)(H,32,38)(H,34,35,39)/t20-/m0/s1. The van der Waals surface area contributed by atoms with Crippen LogP contribution in [0.15, 0.2) is 52.0 Å². The fourth-order valence-electron chi connectivity index (χ4n) is 5.04. The van der Waals surface area contributed by atoms with Gasteiger partial charge in [-0.15, -0.1) is 0 Å². The Labute approximate surface area is 225 Å². The number of hydrogen-bond donors (Lipinski definition) is 3. The number of rotatable bonds is 6. The Kier molecular flexibility index (Phi) is 6.17. The van der Waals surface area contributed by atoms with E-state index in [0.717, 1.165) is 27.8 Å². The molecule has 0 fully saturated rings. The normalized spacial score (nSPS) is 14.3. The lowest BCUT2D eigenvalue weighted by atomic mass is 9.97. The summed E-state index contributed by atoms with van der Waals surface area (Å²) in [7, 11) is 0. The molecule has 40 heavy (non-hydrogen) atoms. The first-order valence-electron chi connectivity index (χ1n) is 12.5. The molecule has 6 rings (SSSR count). The van der Waals surface area contributed by atoms with Gasteiger partial charge in [0, 0.05) is 18.2 Å². The molecule has 2 aromatic carbocycles. The highest BCUT2D eigenvalue weighted by atomic mass is 19.1. The van der Waals surface area contributed by atoms with Crippen LogP contribution in [0, 0.1) is 19.7 Å². The number of aryl methyl sites for hydroxylation is 1. The van der Waals surface area contributed by atoms with Gasteiger partial charge in [-0.2, -0.15) is 14.6 Å². The lowest BCUT2D eigenvalue weighted by Crippen LogP contribution is -2.30. The number of aromatic nitrogens is 6. The molecule has 0 aliphatic heterocycles. The molecule has 3 heterocycles. The fraction of sp³-hybridized carbons (Fsp3) is 0.222. The third-order valence-corrected chi connectivity index (χ3v) is 7.09. The Morgan fingerprint density at radius 3 is 2.80 bits per heavy atom. The molecule has 2 amide bonds. The second-order valence-electron chi connectivity index (χ2n) is 9.58. The van der Waals surface area contributed by atoms with Gasteiger partial charge in [0.15, 0.2) is 5.82 Å². The highest BCUT2D eigenvalue weighted by Gasteiger charge is 2.29. The van der Waals surface area contributed by atoms with Crippen molar-refractivity contribution in [3.63, 3.8) is 0 Å². The molecule has 12 nitrogen and oxygen atoms in total. The van der Waals surface area contributed by atoms with Crippen molar-refractivity contribution in [2.75, 3.05) is 0 Å². The van der Waals surface area contributed by atoms with E-state index in [2.05, 4.69) is 40.4 Å². The van der Waals surface area contributed by atoms with Gasteiger partial charge >= 0.3 is 5.76 Å². The van der Waals surface area contributed by atoms with E-state index >= 15 is 0 Å². The van der Waals surface area contributed by atoms with Gasteiger partial charge in [-0.1, -0.05) is 29.4 Å². The van der Waals surface area contributed by atoms with Crippen LogP contribution in [0.5, 0.6) is 0 Å². The maximum atomic E-state index is 13.6. The number of hydrogen-bond acceptors (Lipinski definition) is 8. The number of carbonyl (C=O) groups is 2. The van der Waals surface area contributed by atoms with Gasteiger partial charge in [-0.05, 0) is 60.6 Å². The Hall–Kier alpha value is -5.20. The van der Waals surface area contributed by atoms with Crippen LogP contribution in [0.25, 0.3) is 17.2 Å². The number of amides is 2. The number of nitrogens with one attached hydrogen (secondary N) is 3. The maximum Gasteiger partial charge on any atom is 0.439 e. The van der Waals surface area contributed by atoms with Gasteiger partial charge in [0.2, 0.25) is 0 Å².